The number of hydrogen-bond donors (Lipinski definition) is 1. The quantitative estimate of drug-likeness (QED) is 0.750. The molecule has 1 heterocycles. The number of hydrogen-bond acceptors (Lipinski definition) is 4. The summed E-state index contributed by atoms with van der Waals surface area (Å²) in [6, 6.07) is 0. The Morgan fingerprint density at radius 2 is 2.45 bits per heavy atom. The number of aliphatic hydroxyl groups excluding tert-OH is 1. The SMILES string of the molecule is CCC(c1nncs1)C(C)O. The Hall–Kier alpha value is -0.480. The third-order valence-corrected chi connectivity index (χ3v) is 2.54. The molecule has 62 valence electrons. The molecule has 0 aromatic carbocycles. The fourth-order valence-electron chi connectivity index (χ4n) is 1.07. The molecule has 1 aromatic heterocycles. The molecule has 0 fully saturated rings. The molecule has 2 atom stereocenters. The van der Waals surface area contributed by atoms with E-state index in [0.717, 1.165) is 11.4 Å². The van der Waals surface area contributed by atoms with Crippen molar-refractivity contribution in [3.8, 4) is 0 Å². The molecule has 3 nitrogen and oxygen atoms in total. The van der Waals surface area contributed by atoms with Crippen LogP contribution < -0.4 is 0 Å². The standard InChI is InChI=1S/C7H12N2OS/c1-3-6(5(2)10)7-9-8-4-11-7/h4-6,10H,3H2,1-2H3. The first-order valence-electron chi connectivity index (χ1n) is 3.69. The first-order chi connectivity index (χ1) is 5.25. The number of nitrogens with zero attached hydrogens (tertiary/aromatic N) is 2. The summed E-state index contributed by atoms with van der Waals surface area (Å²) in [4.78, 5) is 0. The summed E-state index contributed by atoms with van der Waals surface area (Å²) in [7, 11) is 0. The topological polar surface area (TPSA) is 46.0 Å². The van der Waals surface area contributed by atoms with Crippen LogP contribution in [0.1, 0.15) is 31.2 Å². The van der Waals surface area contributed by atoms with E-state index in [4.69, 9.17) is 0 Å². The highest BCUT2D eigenvalue weighted by atomic mass is 32.1. The van der Waals surface area contributed by atoms with Crippen LogP contribution in [-0.2, 0) is 0 Å². The monoisotopic (exact) mass is 172 g/mol. The minimum atomic E-state index is -0.326. The van der Waals surface area contributed by atoms with Crippen molar-refractivity contribution in [3.05, 3.63) is 10.5 Å². The second-order valence-corrected chi connectivity index (χ2v) is 3.40. The smallest absolute Gasteiger partial charge is 0.122 e. The van der Waals surface area contributed by atoms with Crippen molar-refractivity contribution in [1.29, 1.82) is 0 Å². The van der Waals surface area contributed by atoms with E-state index in [2.05, 4.69) is 10.2 Å². The zero-order valence-electron chi connectivity index (χ0n) is 6.69. The van der Waals surface area contributed by atoms with Crippen molar-refractivity contribution in [2.24, 2.45) is 0 Å². The molecule has 0 aliphatic carbocycles. The van der Waals surface area contributed by atoms with E-state index < -0.39 is 0 Å². The predicted molar refractivity (Wildman–Crippen MR) is 44.6 cm³/mol. The minimum absolute atomic E-state index is 0.155. The molecule has 1 aromatic rings. The Morgan fingerprint density at radius 1 is 1.73 bits per heavy atom. The van der Waals surface area contributed by atoms with Gasteiger partial charge in [0, 0.05) is 5.92 Å². The number of aliphatic hydroxyl groups is 1. The molecule has 0 spiro atoms. The average molecular weight is 172 g/mol. The maximum atomic E-state index is 9.32. The molecule has 1 N–H and O–H groups in total. The van der Waals surface area contributed by atoms with Crippen LogP contribution in [0.15, 0.2) is 5.51 Å². The molecule has 0 radical (unpaired) electrons. The highest BCUT2D eigenvalue weighted by Gasteiger charge is 2.17. The van der Waals surface area contributed by atoms with Crippen molar-refractivity contribution in [3.63, 3.8) is 0 Å². The van der Waals surface area contributed by atoms with Crippen LogP contribution >= 0.6 is 11.3 Å². The molecule has 0 amide bonds. The predicted octanol–water partition coefficient (Wildman–Crippen LogP) is 1.41. The molecule has 4 heteroatoms. The van der Waals surface area contributed by atoms with Crippen molar-refractivity contribution in [2.45, 2.75) is 32.3 Å². The lowest BCUT2D eigenvalue weighted by atomic mass is 10.0. The van der Waals surface area contributed by atoms with Gasteiger partial charge in [-0.2, -0.15) is 0 Å². The summed E-state index contributed by atoms with van der Waals surface area (Å²) in [5.41, 5.74) is 1.69. The normalized spacial score (nSPS) is 16.3. The van der Waals surface area contributed by atoms with E-state index in [-0.39, 0.29) is 12.0 Å². The maximum Gasteiger partial charge on any atom is 0.122 e. The van der Waals surface area contributed by atoms with Gasteiger partial charge in [-0.25, -0.2) is 0 Å². The van der Waals surface area contributed by atoms with Crippen LogP contribution in [0.4, 0.5) is 0 Å². The Labute approximate surface area is 70.1 Å². The summed E-state index contributed by atoms with van der Waals surface area (Å²) in [6.45, 7) is 3.83. The fourth-order valence-corrected chi connectivity index (χ4v) is 1.90. The summed E-state index contributed by atoms with van der Waals surface area (Å²) in [5.74, 6) is 0.155. The van der Waals surface area contributed by atoms with Crippen LogP contribution in [-0.4, -0.2) is 21.4 Å². The van der Waals surface area contributed by atoms with Gasteiger partial charge in [-0.05, 0) is 13.3 Å². The Kier molecular flexibility index (Phi) is 2.96. The van der Waals surface area contributed by atoms with Crippen LogP contribution in [0.25, 0.3) is 0 Å². The van der Waals surface area contributed by atoms with Gasteiger partial charge in [-0.3, -0.25) is 0 Å². The zero-order valence-corrected chi connectivity index (χ0v) is 7.51. The molecule has 0 saturated heterocycles. The molecule has 11 heavy (non-hydrogen) atoms. The molecule has 0 aliphatic rings. The van der Waals surface area contributed by atoms with Gasteiger partial charge in [0.1, 0.15) is 10.5 Å². The minimum Gasteiger partial charge on any atom is -0.393 e. The van der Waals surface area contributed by atoms with E-state index in [1.807, 2.05) is 6.92 Å². The Bertz CT molecular complexity index is 198. The third-order valence-electron chi connectivity index (χ3n) is 1.72. The van der Waals surface area contributed by atoms with Gasteiger partial charge >= 0.3 is 0 Å². The van der Waals surface area contributed by atoms with Crippen LogP contribution in [0.2, 0.25) is 0 Å². The Balaban J connectivity index is 2.71. The molecular weight excluding hydrogens is 160 g/mol. The third kappa shape index (κ3) is 1.97. The first-order valence-corrected chi connectivity index (χ1v) is 4.57. The van der Waals surface area contributed by atoms with E-state index >= 15 is 0 Å². The average Bonchev–Trinajstić information content (AvgIpc) is 2.40. The van der Waals surface area contributed by atoms with Crippen LogP contribution in [0, 0.1) is 0 Å². The summed E-state index contributed by atoms with van der Waals surface area (Å²) in [5, 5.41) is 17.9. The second kappa shape index (κ2) is 3.78. The summed E-state index contributed by atoms with van der Waals surface area (Å²) >= 11 is 1.50. The molecule has 0 bridgehead atoms. The largest absolute Gasteiger partial charge is 0.393 e. The van der Waals surface area contributed by atoms with Crippen LogP contribution in [0.3, 0.4) is 0 Å². The molecule has 2 unspecified atom stereocenters. The van der Waals surface area contributed by atoms with Gasteiger partial charge in [0.15, 0.2) is 0 Å². The van der Waals surface area contributed by atoms with Gasteiger partial charge in [0.25, 0.3) is 0 Å². The van der Waals surface area contributed by atoms with Crippen molar-refractivity contribution >= 4 is 11.3 Å². The lowest BCUT2D eigenvalue weighted by Gasteiger charge is -2.13. The van der Waals surface area contributed by atoms with E-state index in [1.165, 1.54) is 11.3 Å². The van der Waals surface area contributed by atoms with Crippen molar-refractivity contribution < 1.29 is 5.11 Å². The summed E-state index contributed by atoms with van der Waals surface area (Å²) in [6.07, 6.45) is 0.584. The van der Waals surface area contributed by atoms with E-state index in [9.17, 15) is 5.11 Å². The zero-order chi connectivity index (χ0) is 8.27. The van der Waals surface area contributed by atoms with E-state index in [1.54, 1.807) is 12.4 Å². The lowest BCUT2D eigenvalue weighted by molar-refractivity contribution is 0.159. The van der Waals surface area contributed by atoms with Crippen LogP contribution in [0.5, 0.6) is 0 Å². The van der Waals surface area contributed by atoms with E-state index in [0.29, 0.717) is 0 Å². The molecule has 0 saturated carbocycles. The van der Waals surface area contributed by atoms with Gasteiger partial charge in [0.2, 0.25) is 0 Å². The Morgan fingerprint density at radius 3 is 2.82 bits per heavy atom. The first kappa shape index (κ1) is 8.62. The van der Waals surface area contributed by atoms with Gasteiger partial charge in [-0.1, -0.05) is 6.92 Å². The molecular formula is C7H12N2OS. The fraction of sp³-hybridized carbons (Fsp3) is 0.714. The number of aromatic nitrogens is 2. The number of rotatable bonds is 3. The second-order valence-electron chi connectivity index (χ2n) is 2.53. The lowest BCUT2D eigenvalue weighted by Crippen LogP contribution is -2.13. The highest BCUT2D eigenvalue weighted by Crippen LogP contribution is 2.23. The molecule has 1 rings (SSSR count). The van der Waals surface area contributed by atoms with Gasteiger partial charge < -0.3 is 5.11 Å². The molecule has 0 aliphatic heterocycles. The van der Waals surface area contributed by atoms with Crippen molar-refractivity contribution in [1.82, 2.24) is 10.2 Å². The summed E-state index contributed by atoms with van der Waals surface area (Å²) < 4.78 is 0. The highest BCUT2D eigenvalue weighted by molar-refractivity contribution is 7.09. The van der Waals surface area contributed by atoms with Crippen molar-refractivity contribution in [2.75, 3.05) is 0 Å². The van der Waals surface area contributed by atoms with Gasteiger partial charge in [-0.15, -0.1) is 21.5 Å². The maximum absolute atomic E-state index is 9.32. The van der Waals surface area contributed by atoms with Gasteiger partial charge in [0.05, 0.1) is 6.10 Å².